The Hall–Kier alpha value is -2.44. The number of hydrogen-bond donors (Lipinski definition) is 1. The van der Waals surface area contributed by atoms with E-state index >= 15 is 0 Å². The van der Waals surface area contributed by atoms with Gasteiger partial charge in [-0.1, -0.05) is 45.0 Å². The van der Waals surface area contributed by atoms with Gasteiger partial charge in [-0.15, -0.1) is 0 Å². The number of benzene rings is 2. The van der Waals surface area contributed by atoms with E-state index in [1.54, 1.807) is 30.5 Å². The Bertz CT molecular complexity index is 1140. The predicted molar refractivity (Wildman–Crippen MR) is 117 cm³/mol. The van der Waals surface area contributed by atoms with Crippen LogP contribution in [0.25, 0.3) is 10.8 Å². The SMILES string of the molecule is CC(C)(C)c1ccccc1S(=O)(=O)c1ccc2ccnc(N3CCNCC3)c2c1. The van der Waals surface area contributed by atoms with E-state index in [1.807, 2.05) is 45.0 Å². The summed E-state index contributed by atoms with van der Waals surface area (Å²) in [5.41, 5.74) is 0.558. The third kappa shape index (κ3) is 3.74. The number of rotatable bonds is 3. The first kappa shape index (κ1) is 19.9. The fourth-order valence-electron chi connectivity index (χ4n) is 3.88. The second-order valence-electron chi connectivity index (χ2n) is 8.50. The zero-order chi connectivity index (χ0) is 20.6. The maximum absolute atomic E-state index is 13.6. The van der Waals surface area contributed by atoms with Crippen LogP contribution in [0.2, 0.25) is 0 Å². The van der Waals surface area contributed by atoms with Crippen molar-refractivity contribution in [1.82, 2.24) is 10.3 Å². The van der Waals surface area contributed by atoms with Gasteiger partial charge in [0.15, 0.2) is 0 Å². The molecule has 3 aromatic rings. The van der Waals surface area contributed by atoms with Crippen LogP contribution in [-0.4, -0.2) is 39.6 Å². The Labute approximate surface area is 172 Å². The highest BCUT2D eigenvalue weighted by atomic mass is 32.2. The van der Waals surface area contributed by atoms with Crippen molar-refractivity contribution in [2.45, 2.75) is 36.0 Å². The maximum Gasteiger partial charge on any atom is 0.206 e. The molecule has 5 nitrogen and oxygen atoms in total. The third-order valence-electron chi connectivity index (χ3n) is 5.43. The molecular formula is C23H27N3O2S. The van der Waals surface area contributed by atoms with Gasteiger partial charge in [-0.2, -0.15) is 0 Å². The van der Waals surface area contributed by atoms with Crippen LogP contribution in [0.1, 0.15) is 26.3 Å². The third-order valence-corrected chi connectivity index (χ3v) is 7.24. The molecule has 2 aromatic carbocycles. The highest BCUT2D eigenvalue weighted by molar-refractivity contribution is 7.91. The number of hydrogen-bond acceptors (Lipinski definition) is 5. The maximum atomic E-state index is 13.6. The van der Waals surface area contributed by atoms with E-state index in [9.17, 15) is 8.42 Å². The number of piperazine rings is 1. The highest BCUT2D eigenvalue weighted by Crippen LogP contribution is 2.34. The van der Waals surface area contributed by atoms with Crippen molar-refractivity contribution in [3.8, 4) is 0 Å². The lowest BCUT2D eigenvalue weighted by Crippen LogP contribution is -2.43. The largest absolute Gasteiger partial charge is 0.354 e. The van der Waals surface area contributed by atoms with Crippen molar-refractivity contribution >= 4 is 26.4 Å². The normalized spacial score (nSPS) is 15.6. The Morgan fingerprint density at radius 3 is 2.45 bits per heavy atom. The lowest BCUT2D eigenvalue weighted by atomic mass is 9.87. The summed E-state index contributed by atoms with van der Waals surface area (Å²) in [6, 6.07) is 14.6. The van der Waals surface area contributed by atoms with Gasteiger partial charge in [-0.3, -0.25) is 0 Å². The molecule has 4 rings (SSSR count). The second-order valence-corrected chi connectivity index (χ2v) is 10.4. The van der Waals surface area contributed by atoms with Crippen molar-refractivity contribution < 1.29 is 8.42 Å². The molecule has 29 heavy (non-hydrogen) atoms. The van der Waals surface area contributed by atoms with E-state index in [0.717, 1.165) is 48.3 Å². The van der Waals surface area contributed by atoms with E-state index in [1.165, 1.54) is 0 Å². The lowest BCUT2D eigenvalue weighted by molar-refractivity contribution is 0.561. The van der Waals surface area contributed by atoms with Crippen LogP contribution < -0.4 is 10.2 Å². The average Bonchev–Trinajstić information content (AvgIpc) is 2.73. The summed E-state index contributed by atoms with van der Waals surface area (Å²) < 4.78 is 27.2. The summed E-state index contributed by atoms with van der Waals surface area (Å²) in [4.78, 5) is 7.49. The molecule has 0 spiro atoms. The molecule has 1 aliphatic heterocycles. The van der Waals surface area contributed by atoms with Crippen LogP contribution in [0.5, 0.6) is 0 Å². The topological polar surface area (TPSA) is 62.3 Å². The minimum Gasteiger partial charge on any atom is -0.354 e. The molecule has 152 valence electrons. The van der Waals surface area contributed by atoms with E-state index in [-0.39, 0.29) is 5.41 Å². The summed E-state index contributed by atoms with van der Waals surface area (Å²) in [6.45, 7) is 9.62. The summed E-state index contributed by atoms with van der Waals surface area (Å²) in [6.07, 6.45) is 1.79. The van der Waals surface area contributed by atoms with Crippen LogP contribution in [0, 0.1) is 0 Å². The molecule has 0 unspecified atom stereocenters. The van der Waals surface area contributed by atoms with Gasteiger partial charge >= 0.3 is 0 Å². The van der Waals surface area contributed by atoms with Crippen LogP contribution in [0.15, 0.2) is 64.5 Å². The lowest BCUT2D eigenvalue weighted by Gasteiger charge is -2.29. The summed E-state index contributed by atoms with van der Waals surface area (Å²) in [5, 5.41) is 5.22. The smallest absolute Gasteiger partial charge is 0.206 e. The van der Waals surface area contributed by atoms with E-state index < -0.39 is 9.84 Å². The number of aromatic nitrogens is 1. The monoisotopic (exact) mass is 409 g/mol. The molecule has 1 N–H and O–H groups in total. The van der Waals surface area contributed by atoms with Gasteiger partial charge in [-0.05, 0) is 40.6 Å². The number of anilines is 1. The second kappa shape index (κ2) is 7.43. The number of nitrogens with zero attached hydrogens (tertiary/aromatic N) is 2. The standard InChI is InChI=1S/C23H27N3O2S/c1-23(2,3)20-6-4-5-7-21(20)29(27,28)18-9-8-17-10-11-25-22(19(17)16-18)26-14-12-24-13-15-26/h4-11,16,24H,12-15H2,1-3H3. The van der Waals surface area contributed by atoms with E-state index in [2.05, 4.69) is 15.2 Å². The van der Waals surface area contributed by atoms with Crippen molar-refractivity contribution in [3.63, 3.8) is 0 Å². The van der Waals surface area contributed by atoms with Crippen LogP contribution in [0.3, 0.4) is 0 Å². The molecule has 0 bridgehead atoms. The van der Waals surface area contributed by atoms with Crippen LogP contribution in [-0.2, 0) is 15.3 Å². The fourth-order valence-corrected chi connectivity index (χ4v) is 5.57. The Kier molecular flexibility index (Phi) is 5.09. The van der Waals surface area contributed by atoms with Crippen LogP contribution in [0.4, 0.5) is 5.82 Å². The van der Waals surface area contributed by atoms with Gasteiger partial charge in [0.25, 0.3) is 0 Å². The molecule has 0 saturated carbocycles. The predicted octanol–water partition coefficient (Wildman–Crippen LogP) is 3.77. The molecule has 0 aliphatic carbocycles. The first-order chi connectivity index (χ1) is 13.8. The van der Waals surface area contributed by atoms with Crippen molar-refractivity contribution in [2.24, 2.45) is 0 Å². The average molecular weight is 410 g/mol. The molecule has 1 aliphatic rings. The van der Waals surface area contributed by atoms with Gasteiger partial charge in [0, 0.05) is 37.8 Å². The number of sulfone groups is 1. The van der Waals surface area contributed by atoms with Crippen molar-refractivity contribution in [2.75, 3.05) is 31.1 Å². The van der Waals surface area contributed by atoms with E-state index in [0.29, 0.717) is 9.79 Å². The van der Waals surface area contributed by atoms with Gasteiger partial charge in [-0.25, -0.2) is 13.4 Å². The fraction of sp³-hybridized carbons (Fsp3) is 0.348. The number of nitrogens with one attached hydrogen (secondary N) is 1. The summed E-state index contributed by atoms with van der Waals surface area (Å²) >= 11 is 0. The quantitative estimate of drug-likeness (QED) is 0.713. The zero-order valence-electron chi connectivity index (χ0n) is 17.1. The molecule has 1 fully saturated rings. The first-order valence-electron chi connectivity index (χ1n) is 9.97. The molecule has 0 radical (unpaired) electrons. The summed E-state index contributed by atoms with van der Waals surface area (Å²) in [5.74, 6) is 0.852. The minimum atomic E-state index is -3.65. The van der Waals surface area contributed by atoms with Gasteiger partial charge in [0.05, 0.1) is 9.79 Å². The zero-order valence-corrected chi connectivity index (χ0v) is 18.0. The molecule has 6 heteroatoms. The van der Waals surface area contributed by atoms with Gasteiger partial charge in [0.2, 0.25) is 9.84 Å². The molecular weight excluding hydrogens is 382 g/mol. The highest BCUT2D eigenvalue weighted by Gasteiger charge is 2.27. The van der Waals surface area contributed by atoms with Crippen molar-refractivity contribution in [3.05, 3.63) is 60.3 Å². The van der Waals surface area contributed by atoms with E-state index in [4.69, 9.17) is 0 Å². The molecule has 2 heterocycles. The molecule has 0 atom stereocenters. The minimum absolute atomic E-state index is 0.270. The van der Waals surface area contributed by atoms with Crippen LogP contribution >= 0.6 is 0 Å². The van der Waals surface area contributed by atoms with Gasteiger partial charge < -0.3 is 10.2 Å². The number of fused-ring (bicyclic) bond motifs is 1. The molecule has 1 saturated heterocycles. The molecule has 0 amide bonds. The van der Waals surface area contributed by atoms with Crippen molar-refractivity contribution in [1.29, 1.82) is 0 Å². The number of pyridine rings is 1. The first-order valence-corrected chi connectivity index (χ1v) is 11.5. The van der Waals surface area contributed by atoms with Gasteiger partial charge in [0.1, 0.15) is 5.82 Å². The molecule has 1 aromatic heterocycles. The Morgan fingerprint density at radius 1 is 1.00 bits per heavy atom. The Balaban J connectivity index is 1.87. The summed E-state index contributed by atoms with van der Waals surface area (Å²) in [7, 11) is -3.65. The Morgan fingerprint density at radius 2 is 1.72 bits per heavy atom.